The summed E-state index contributed by atoms with van der Waals surface area (Å²) < 4.78 is 0. The van der Waals surface area contributed by atoms with E-state index in [2.05, 4.69) is 50.4 Å². The molecule has 2 amide bonds. The summed E-state index contributed by atoms with van der Waals surface area (Å²) in [6, 6.07) is 14.5. The van der Waals surface area contributed by atoms with E-state index in [-0.39, 0.29) is 29.8 Å². The van der Waals surface area contributed by atoms with E-state index in [4.69, 9.17) is 0 Å². The first-order valence-corrected chi connectivity index (χ1v) is 9.71. The average molecular weight is 362 g/mol. The topological polar surface area (TPSA) is 49.4 Å². The number of benzene rings is 2. The summed E-state index contributed by atoms with van der Waals surface area (Å²) in [6.07, 6.45) is 2.08. The maximum Gasteiger partial charge on any atom is 0.251 e. The standard InChI is InChI=1S/C23H26N2O2/c1-15-7-6-12-25(15)21(26)14-24-22(27)16-10-11-20-18(13-16)17-8-4-5-9-19(17)23(20,2)3/h4-5,8-11,13,15H,6-7,12,14H2,1-3H3,(H,24,27). The van der Waals surface area contributed by atoms with Crippen molar-refractivity contribution in [1.82, 2.24) is 10.2 Å². The molecule has 4 nitrogen and oxygen atoms in total. The first-order valence-electron chi connectivity index (χ1n) is 9.71. The summed E-state index contributed by atoms with van der Waals surface area (Å²) in [7, 11) is 0. The summed E-state index contributed by atoms with van der Waals surface area (Å²) >= 11 is 0. The van der Waals surface area contributed by atoms with E-state index in [1.165, 1.54) is 16.7 Å². The van der Waals surface area contributed by atoms with Gasteiger partial charge >= 0.3 is 0 Å². The van der Waals surface area contributed by atoms with Crippen LogP contribution in [0.25, 0.3) is 11.1 Å². The number of amides is 2. The highest BCUT2D eigenvalue weighted by Gasteiger charge is 2.35. The molecule has 0 radical (unpaired) electrons. The van der Waals surface area contributed by atoms with E-state index in [9.17, 15) is 9.59 Å². The van der Waals surface area contributed by atoms with Gasteiger partial charge in [-0.1, -0.05) is 44.2 Å². The van der Waals surface area contributed by atoms with Crippen LogP contribution in [0.2, 0.25) is 0 Å². The third kappa shape index (κ3) is 2.93. The fourth-order valence-electron chi connectivity index (χ4n) is 4.52. The highest BCUT2D eigenvalue weighted by atomic mass is 16.2. The molecule has 1 atom stereocenters. The summed E-state index contributed by atoms with van der Waals surface area (Å²) in [5.74, 6) is -0.193. The van der Waals surface area contributed by atoms with Gasteiger partial charge in [-0.3, -0.25) is 9.59 Å². The monoisotopic (exact) mass is 362 g/mol. The van der Waals surface area contributed by atoms with Crippen LogP contribution in [0.4, 0.5) is 0 Å². The summed E-state index contributed by atoms with van der Waals surface area (Å²) in [4.78, 5) is 26.8. The first-order chi connectivity index (χ1) is 12.9. The SMILES string of the molecule is CC1CCCN1C(=O)CNC(=O)c1ccc2c(c1)-c1ccccc1C2(C)C. The van der Waals surface area contributed by atoms with Crippen molar-refractivity contribution in [2.75, 3.05) is 13.1 Å². The molecule has 2 aromatic rings. The van der Waals surface area contributed by atoms with Crippen LogP contribution in [-0.4, -0.2) is 35.8 Å². The fraction of sp³-hybridized carbons (Fsp3) is 0.391. The van der Waals surface area contributed by atoms with E-state index < -0.39 is 0 Å². The van der Waals surface area contributed by atoms with Crippen LogP contribution in [-0.2, 0) is 10.2 Å². The Morgan fingerprint density at radius 3 is 2.59 bits per heavy atom. The third-order valence-electron chi connectivity index (χ3n) is 6.12. The molecule has 2 aliphatic rings. The van der Waals surface area contributed by atoms with Crippen LogP contribution in [0.3, 0.4) is 0 Å². The Morgan fingerprint density at radius 2 is 1.85 bits per heavy atom. The van der Waals surface area contributed by atoms with Crippen molar-refractivity contribution in [1.29, 1.82) is 0 Å². The maximum absolute atomic E-state index is 12.6. The molecule has 0 saturated carbocycles. The molecule has 1 unspecified atom stereocenters. The molecule has 1 aliphatic carbocycles. The van der Waals surface area contributed by atoms with Gasteiger partial charge in [-0.15, -0.1) is 0 Å². The lowest BCUT2D eigenvalue weighted by molar-refractivity contribution is -0.130. The third-order valence-corrected chi connectivity index (χ3v) is 6.12. The Hall–Kier alpha value is -2.62. The number of likely N-dealkylation sites (tertiary alicyclic amines) is 1. The van der Waals surface area contributed by atoms with Crippen molar-refractivity contribution >= 4 is 11.8 Å². The molecule has 0 bridgehead atoms. The smallest absolute Gasteiger partial charge is 0.251 e. The van der Waals surface area contributed by atoms with Crippen molar-refractivity contribution in [3.8, 4) is 11.1 Å². The summed E-state index contributed by atoms with van der Waals surface area (Å²) in [5, 5.41) is 2.80. The minimum absolute atomic E-state index is 0.000916. The molecule has 1 fully saturated rings. The van der Waals surface area contributed by atoms with Gasteiger partial charge in [0.2, 0.25) is 5.91 Å². The predicted octanol–water partition coefficient (Wildman–Crippen LogP) is 3.73. The lowest BCUT2D eigenvalue weighted by atomic mass is 9.82. The minimum atomic E-state index is -0.194. The predicted molar refractivity (Wildman–Crippen MR) is 107 cm³/mol. The van der Waals surface area contributed by atoms with Gasteiger partial charge in [-0.05, 0) is 54.2 Å². The quantitative estimate of drug-likeness (QED) is 0.904. The number of carbonyl (C=O) groups excluding carboxylic acids is 2. The fourth-order valence-corrected chi connectivity index (χ4v) is 4.52. The first kappa shape index (κ1) is 17.8. The molecule has 1 N–H and O–H groups in total. The lowest BCUT2D eigenvalue weighted by Crippen LogP contribution is -2.41. The van der Waals surface area contributed by atoms with Crippen LogP contribution in [0.1, 0.15) is 55.1 Å². The molecular formula is C23H26N2O2. The zero-order valence-electron chi connectivity index (χ0n) is 16.2. The molecule has 1 aliphatic heterocycles. The molecule has 0 aromatic heterocycles. The van der Waals surface area contributed by atoms with E-state index in [1.807, 2.05) is 23.1 Å². The zero-order valence-corrected chi connectivity index (χ0v) is 16.2. The summed E-state index contributed by atoms with van der Waals surface area (Å²) in [6.45, 7) is 7.34. The van der Waals surface area contributed by atoms with Gasteiger partial charge < -0.3 is 10.2 Å². The Kier molecular flexibility index (Phi) is 4.29. The Bertz CT molecular complexity index is 916. The van der Waals surface area contributed by atoms with Gasteiger partial charge in [0, 0.05) is 23.6 Å². The van der Waals surface area contributed by atoms with Gasteiger partial charge in [-0.2, -0.15) is 0 Å². The van der Waals surface area contributed by atoms with Gasteiger partial charge in [0.25, 0.3) is 5.91 Å². The number of rotatable bonds is 3. The van der Waals surface area contributed by atoms with Gasteiger partial charge in [0.05, 0.1) is 6.54 Å². The van der Waals surface area contributed by atoms with E-state index in [0.717, 1.165) is 24.9 Å². The van der Waals surface area contributed by atoms with E-state index in [1.54, 1.807) is 0 Å². The molecule has 140 valence electrons. The van der Waals surface area contributed by atoms with Crippen LogP contribution >= 0.6 is 0 Å². The van der Waals surface area contributed by atoms with Crippen molar-refractivity contribution in [3.05, 3.63) is 59.2 Å². The molecule has 1 heterocycles. The zero-order chi connectivity index (χ0) is 19.2. The minimum Gasteiger partial charge on any atom is -0.343 e. The molecule has 2 aromatic carbocycles. The normalized spacial score (nSPS) is 19.5. The van der Waals surface area contributed by atoms with Crippen molar-refractivity contribution < 1.29 is 9.59 Å². The van der Waals surface area contributed by atoms with Crippen LogP contribution in [0, 0.1) is 0 Å². The lowest BCUT2D eigenvalue weighted by Gasteiger charge is -2.22. The van der Waals surface area contributed by atoms with E-state index in [0.29, 0.717) is 5.56 Å². The second kappa shape index (κ2) is 6.52. The Morgan fingerprint density at radius 1 is 1.11 bits per heavy atom. The van der Waals surface area contributed by atoms with Gasteiger partial charge in [0.1, 0.15) is 0 Å². The van der Waals surface area contributed by atoms with Crippen LogP contribution in [0.5, 0.6) is 0 Å². The average Bonchev–Trinajstić information content (AvgIpc) is 3.19. The largest absolute Gasteiger partial charge is 0.343 e. The summed E-state index contributed by atoms with van der Waals surface area (Å²) in [5.41, 5.74) is 5.36. The van der Waals surface area contributed by atoms with Crippen molar-refractivity contribution in [2.45, 2.75) is 45.1 Å². The van der Waals surface area contributed by atoms with E-state index >= 15 is 0 Å². The number of nitrogens with zero attached hydrogens (tertiary/aromatic N) is 1. The number of hydrogen-bond donors (Lipinski definition) is 1. The van der Waals surface area contributed by atoms with Crippen LogP contribution in [0.15, 0.2) is 42.5 Å². The van der Waals surface area contributed by atoms with Gasteiger partial charge in [-0.25, -0.2) is 0 Å². The molecule has 27 heavy (non-hydrogen) atoms. The second-order valence-electron chi connectivity index (χ2n) is 8.19. The molecule has 4 rings (SSSR count). The molecule has 1 saturated heterocycles. The molecule has 4 heteroatoms. The second-order valence-corrected chi connectivity index (χ2v) is 8.19. The van der Waals surface area contributed by atoms with Crippen molar-refractivity contribution in [2.24, 2.45) is 0 Å². The number of hydrogen-bond acceptors (Lipinski definition) is 2. The Labute approximate surface area is 160 Å². The van der Waals surface area contributed by atoms with Crippen LogP contribution < -0.4 is 5.32 Å². The van der Waals surface area contributed by atoms with Crippen molar-refractivity contribution in [3.63, 3.8) is 0 Å². The maximum atomic E-state index is 12.6. The van der Waals surface area contributed by atoms with Gasteiger partial charge in [0.15, 0.2) is 0 Å². The number of carbonyl (C=O) groups is 2. The Balaban J connectivity index is 1.53. The highest BCUT2D eigenvalue weighted by Crippen LogP contribution is 2.48. The highest BCUT2D eigenvalue weighted by molar-refractivity contribution is 5.98. The molecule has 0 spiro atoms. The number of fused-ring (bicyclic) bond motifs is 3. The number of nitrogens with one attached hydrogen (secondary N) is 1. The molecular weight excluding hydrogens is 336 g/mol.